The largest absolute Gasteiger partial charge is 0.497 e. The van der Waals surface area contributed by atoms with Crippen LogP contribution >= 0.6 is 15.9 Å². The van der Waals surface area contributed by atoms with E-state index in [0.717, 1.165) is 18.6 Å². The fourth-order valence-corrected chi connectivity index (χ4v) is 3.61. The smallest absolute Gasteiger partial charge is 0.119 e. The molecule has 0 radical (unpaired) electrons. The van der Waals surface area contributed by atoms with Crippen LogP contribution in [0.15, 0.2) is 42.5 Å². The summed E-state index contributed by atoms with van der Waals surface area (Å²) in [6.07, 6.45) is 2.12. The number of rotatable bonds is 2. The SMILES string of the molecule is COc1ccc2c(c1)CCC(c1ccccc1C)=C2Br. The molecule has 102 valence electrons. The Morgan fingerprint density at radius 3 is 2.55 bits per heavy atom. The molecule has 0 aliphatic heterocycles. The van der Waals surface area contributed by atoms with E-state index in [-0.39, 0.29) is 0 Å². The molecule has 0 saturated heterocycles. The molecule has 0 amide bonds. The quantitative estimate of drug-likeness (QED) is 0.735. The maximum Gasteiger partial charge on any atom is 0.119 e. The van der Waals surface area contributed by atoms with E-state index >= 15 is 0 Å². The Labute approximate surface area is 128 Å². The molecular weight excluding hydrogens is 312 g/mol. The topological polar surface area (TPSA) is 9.23 Å². The highest BCUT2D eigenvalue weighted by atomic mass is 79.9. The number of fused-ring (bicyclic) bond motifs is 1. The van der Waals surface area contributed by atoms with Crippen LogP contribution in [0.2, 0.25) is 0 Å². The molecule has 2 aromatic rings. The van der Waals surface area contributed by atoms with Crippen molar-refractivity contribution < 1.29 is 4.74 Å². The van der Waals surface area contributed by atoms with Crippen molar-refractivity contribution in [2.45, 2.75) is 19.8 Å². The third-order valence-corrected chi connectivity index (χ3v) is 4.83. The lowest BCUT2D eigenvalue weighted by molar-refractivity contribution is 0.414. The van der Waals surface area contributed by atoms with Crippen LogP contribution in [-0.2, 0) is 6.42 Å². The number of aryl methyl sites for hydroxylation is 2. The standard InChI is InChI=1S/C18H17BrO/c1-12-5-3-4-6-15(12)17-9-7-13-11-14(20-2)8-10-16(13)18(17)19/h3-6,8,10-11H,7,9H2,1-2H3. The fraction of sp³-hybridized carbons (Fsp3) is 0.222. The van der Waals surface area contributed by atoms with Crippen LogP contribution in [0.4, 0.5) is 0 Å². The van der Waals surface area contributed by atoms with E-state index in [1.807, 2.05) is 6.07 Å². The van der Waals surface area contributed by atoms with Crippen LogP contribution in [0.25, 0.3) is 10.1 Å². The van der Waals surface area contributed by atoms with Crippen LogP contribution in [0.5, 0.6) is 5.75 Å². The van der Waals surface area contributed by atoms with Crippen molar-refractivity contribution in [3.63, 3.8) is 0 Å². The number of hydrogen-bond acceptors (Lipinski definition) is 1. The van der Waals surface area contributed by atoms with Gasteiger partial charge in [-0.1, -0.05) is 24.3 Å². The summed E-state index contributed by atoms with van der Waals surface area (Å²) in [5.41, 5.74) is 6.72. The summed E-state index contributed by atoms with van der Waals surface area (Å²) < 4.78 is 6.53. The van der Waals surface area contributed by atoms with Gasteiger partial charge < -0.3 is 4.74 Å². The van der Waals surface area contributed by atoms with Gasteiger partial charge in [-0.15, -0.1) is 0 Å². The van der Waals surface area contributed by atoms with E-state index < -0.39 is 0 Å². The van der Waals surface area contributed by atoms with E-state index in [1.54, 1.807) is 7.11 Å². The second-order valence-electron chi connectivity index (χ2n) is 5.13. The zero-order valence-electron chi connectivity index (χ0n) is 11.7. The molecule has 0 heterocycles. The zero-order valence-corrected chi connectivity index (χ0v) is 13.3. The van der Waals surface area contributed by atoms with E-state index in [2.05, 4.69) is 59.3 Å². The van der Waals surface area contributed by atoms with Crippen molar-refractivity contribution in [1.29, 1.82) is 0 Å². The molecule has 2 heteroatoms. The van der Waals surface area contributed by atoms with Crippen molar-refractivity contribution in [1.82, 2.24) is 0 Å². The minimum absolute atomic E-state index is 0.934. The molecule has 0 fully saturated rings. The van der Waals surface area contributed by atoms with Crippen LogP contribution < -0.4 is 4.74 Å². The maximum absolute atomic E-state index is 5.31. The van der Waals surface area contributed by atoms with Crippen LogP contribution in [0.1, 0.15) is 28.7 Å². The van der Waals surface area contributed by atoms with Crippen molar-refractivity contribution in [2.75, 3.05) is 7.11 Å². The van der Waals surface area contributed by atoms with Gasteiger partial charge in [-0.3, -0.25) is 0 Å². The molecule has 2 aromatic carbocycles. The highest BCUT2D eigenvalue weighted by molar-refractivity contribution is 9.15. The summed E-state index contributed by atoms with van der Waals surface area (Å²) in [6, 6.07) is 14.9. The lowest BCUT2D eigenvalue weighted by Crippen LogP contribution is -2.03. The molecule has 0 aromatic heterocycles. The van der Waals surface area contributed by atoms with Crippen molar-refractivity contribution >= 4 is 26.0 Å². The Morgan fingerprint density at radius 1 is 1.00 bits per heavy atom. The highest BCUT2D eigenvalue weighted by Crippen LogP contribution is 2.41. The third-order valence-electron chi connectivity index (χ3n) is 3.93. The van der Waals surface area contributed by atoms with Crippen LogP contribution in [-0.4, -0.2) is 7.11 Å². The first-order valence-electron chi connectivity index (χ1n) is 6.82. The molecule has 1 aliphatic rings. The summed E-state index contributed by atoms with van der Waals surface area (Å²) in [5, 5.41) is 0. The summed E-state index contributed by atoms with van der Waals surface area (Å²) >= 11 is 3.81. The predicted octanol–water partition coefficient (Wildman–Crippen LogP) is 5.21. The predicted molar refractivity (Wildman–Crippen MR) is 88.2 cm³/mol. The zero-order chi connectivity index (χ0) is 14.1. The fourth-order valence-electron chi connectivity index (χ4n) is 2.81. The molecule has 3 rings (SSSR count). The molecule has 0 spiro atoms. The normalized spacial score (nSPS) is 14.2. The number of methoxy groups -OCH3 is 1. The van der Waals surface area contributed by atoms with E-state index in [1.165, 1.54) is 32.3 Å². The second-order valence-corrected chi connectivity index (χ2v) is 5.92. The number of allylic oxidation sites excluding steroid dienone is 1. The molecule has 0 saturated carbocycles. The second kappa shape index (κ2) is 5.45. The first-order valence-corrected chi connectivity index (χ1v) is 7.62. The summed E-state index contributed by atoms with van der Waals surface area (Å²) in [4.78, 5) is 0. The first-order chi connectivity index (χ1) is 9.70. The molecule has 0 bridgehead atoms. The highest BCUT2D eigenvalue weighted by Gasteiger charge is 2.19. The van der Waals surface area contributed by atoms with Gasteiger partial charge in [-0.05, 0) is 81.7 Å². The molecule has 1 nitrogen and oxygen atoms in total. The van der Waals surface area contributed by atoms with Gasteiger partial charge in [0.15, 0.2) is 0 Å². The molecule has 0 atom stereocenters. The van der Waals surface area contributed by atoms with E-state index in [4.69, 9.17) is 4.74 Å². The lowest BCUT2D eigenvalue weighted by atomic mass is 9.87. The third kappa shape index (κ3) is 2.29. The van der Waals surface area contributed by atoms with E-state index in [0.29, 0.717) is 0 Å². The Kier molecular flexibility index (Phi) is 3.66. The molecule has 1 aliphatic carbocycles. The molecule has 0 N–H and O–H groups in total. The average Bonchev–Trinajstić information content (AvgIpc) is 2.48. The summed E-state index contributed by atoms with van der Waals surface area (Å²) in [5.74, 6) is 0.934. The van der Waals surface area contributed by atoms with Crippen molar-refractivity contribution in [3.8, 4) is 5.75 Å². The Morgan fingerprint density at radius 2 is 1.80 bits per heavy atom. The van der Waals surface area contributed by atoms with Gasteiger partial charge >= 0.3 is 0 Å². The van der Waals surface area contributed by atoms with Gasteiger partial charge in [0.1, 0.15) is 5.75 Å². The number of halogens is 1. The maximum atomic E-state index is 5.31. The number of ether oxygens (including phenoxy) is 1. The molecule has 0 unspecified atom stereocenters. The minimum Gasteiger partial charge on any atom is -0.497 e. The molecular formula is C18H17BrO. The Bertz CT molecular complexity index is 686. The van der Waals surface area contributed by atoms with Gasteiger partial charge in [0, 0.05) is 4.48 Å². The lowest BCUT2D eigenvalue weighted by Gasteiger charge is -2.22. The number of benzene rings is 2. The van der Waals surface area contributed by atoms with Gasteiger partial charge in [-0.25, -0.2) is 0 Å². The van der Waals surface area contributed by atoms with Crippen molar-refractivity contribution in [2.24, 2.45) is 0 Å². The van der Waals surface area contributed by atoms with Gasteiger partial charge in [0.25, 0.3) is 0 Å². The van der Waals surface area contributed by atoms with Gasteiger partial charge in [0.05, 0.1) is 7.11 Å². The van der Waals surface area contributed by atoms with Crippen LogP contribution in [0.3, 0.4) is 0 Å². The minimum atomic E-state index is 0.934. The average molecular weight is 329 g/mol. The van der Waals surface area contributed by atoms with Gasteiger partial charge in [-0.2, -0.15) is 0 Å². The summed E-state index contributed by atoms with van der Waals surface area (Å²) in [6.45, 7) is 2.17. The monoisotopic (exact) mass is 328 g/mol. The summed E-state index contributed by atoms with van der Waals surface area (Å²) in [7, 11) is 1.72. The Hall–Kier alpha value is -1.54. The molecule has 20 heavy (non-hydrogen) atoms. The van der Waals surface area contributed by atoms with E-state index in [9.17, 15) is 0 Å². The van der Waals surface area contributed by atoms with Crippen LogP contribution in [0, 0.1) is 6.92 Å². The number of hydrogen-bond donors (Lipinski definition) is 0. The first kappa shape index (κ1) is 13.4. The van der Waals surface area contributed by atoms with Crippen molar-refractivity contribution in [3.05, 3.63) is 64.7 Å². The van der Waals surface area contributed by atoms with Gasteiger partial charge in [0.2, 0.25) is 0 Å². The Balaban J connectivity index is 2.12.